The Bertz CT molecular complexity index is 745. The van der Waals surface area contributed by atoms with Crippen LogP contribution in [0.4, 0.5) is 0 Å². The van der Waals surface area contributed by atoms with Crippen LogP contribution in [0.2, 0.25) is 0 Å². The molecule has 0 saturated carbocycles. The normalized spacial score (nSPS) is 13.7. The van der Waals surface area contributed by atoms with Gasteiger partial charge in [-0.25, -0.2) is 4.98 Å². The van der Waals surface area contributed by atoms with E-state index < -0.39 is 0 Å². The molecule has 0 bridgehead atoms. The molecular weight excluding hydrogens is 609 g/mol. The van der Waals surface area contributed by atoms with E-state index >= 15 is 0 Å². The van der Waals surface area contributed by atoms with Gasteiger partial charge < -0.3 is 9.47 Å². The van der Waals surface area contributed by atoms with E-state index in [0.717, 1.165) is 25.6 Å². The second kappa shape index (κ2) is 25.2. The summed E-state index contributed by atoms with van der Waals surface area (Å²) in [6.07, 6.45) is 21.6. The van der Waals surface area contributed by atoms with Gasteiger partial charge in [-0.15, -0.1) is 0 Å². The van der Waals surface area contributed by atoms with Gasteiger partial charge >= 0.3 is 0 Å². The number of aromatic nitrogens is 2. The van der Waals surface area contributed by atoms with E-state index in [1.54, 1.807) is 6.20 Å². The molecule has 1 unspecified atom stereocenters. The Kier molecular flexibility index (Phi) is 25.5. The average molecular weight is 661 g/mol. The molecule has 1 atom stereocenters. The van der Waals surface area contributed by atoms with Crippen LogP contribution in [0, 0.1) is 5.92 Å². The minimum atomic E-state index is 0. The van der Waals surface area contributed by atoms with Gasteiger partial charge in [0, 0.05) is 58.8 Å². The van der Waals surface area contributed by atoms with Crippen molar-refractivity contribution in [2.24, 2.45) is 5.92 Å². The molecule has 35 heavy (non-hydrogen) atoms. The Morgan fingerprint density at radius 3 is 2.20 bits per heavy atom. The summed E-state index contributed by atoms with van der Waals surface area (Å²) >= 11 is 0. The summed E-state index contributed by atoms with van der Waals surface area (Å²) in [5.74, 6) is 0.817. The predicted molar refractivity (Wildman–Crippen MR) is 152 cm³/mol. The second-order valence-electron chi connectivity index (χ2n) is 8.45. The van der Waals surface area contributed by atoms with Gasteiger partial charge in [-0.2, -0.15) is 0 Å². The summed E-state index contributed by atoms with van der Waals surface area (Å²) in [5, 5.41) is 0. The van der Waals surface area contributed by atoms with Crippen LogP contribution in [0.3, 0.4) is 0 Å². The van der Waals surface area contributed by atoms with Crippen molar-refractivity contribution in [3.8, 4) is 0 Å². The van der Waals surface area contributed by atoms with Crippen LogP contribution < -0.4 is 0 Å². The number of benzene rings is 1. The zero-order valence-corrected chi connectivity index (χ0v) is 25.5. The van der Waals surface area contributed by atoms with Crippen LogP contribution in [0.15, 0.2) is 85.6 Å². The van der Waals surface area contributed by atoms with Crippen molar-refractivity contribution in [2.75, 3.05) is 13.1 Å². The zero-order chi connectivity index (χ0) is 25.4. The topological polar surface area (TPSA) is 21.1 Å². The SMILES string of the molecule is C=C/C=C(\C=C/Cn1ccnc1)N1CCCCC1.CC.CCC.CCC(C)Cc1ccccc1.[Pt]. The molecule has 3 rings (SSSR count). The van der Waals surface area contributed by atoms with Crippen molar-refractivity contribution in [2.45, 2.75) is 86.6 Å². The number of allylic oxidation sites excluding steroid dienone is 4. The van der Waals surface area contributed by atoms with Crippen LogP contribution in [0.25, 0.3) is 0 Å². The number of piperidine rings is 1. The largest absolute Gasteiger partial charge is 0.372 e. The van der Waals surface area contributed by atoms with Crippen LogP contribution in [-0.4, -0.2) is 27.5 Å². The van der Waals surface area contributed by atoms with E-state index in [0.29, 0.717) is 0 Å². The molecule has 0 spiro atoms. The molecule has 1 aromatic carbocycles. The molecule has 2 heterocycles. The third-order valence-corrected chi connectivity index (χ3v) is 5.30. The molecule has 0 amide bonds. The maximum absolute atomic E-state index is 4.03. The first-order chi connectivity index (χ1) is 16.6. The first-order valence-corrected chi connectivity index (χ1v) is 13.4. The van der Waals surface area contributed by atoms with Crippen LogP contribution in [-0.2, 0) is 34.0 Å². The van der Waals surface area contributed by atoms with Crippen molar-refractivity contribution < 1.29 is 21.1 Å². The van der Waals surface area contributed by atoms with Gasteiger partial charge in [-0.1, -0.05) is 103 Å². The molecule has 0 aliphatic carbocycles. The summed E-state index contributed by atoms with van der Waals surface area (Å²) in [5.41, 5.74) is 2.73. The van der Waals surface area contributed by atoms with E-state index in [4.69, 9.17) is 0 Å². The third-order valence-electron chi connectivity index (χ3n) is 5.30. The Hall–Kier alpha value is -1.86. The number of likely N-dealkylation sites (tertiary alicyclic amines) is 1. The van der Waals surface area contributed by atoms with Crippen LogP contribution >= 0.6 is 0 Å². The van der Waals surface area contributed by atoms with Gasteiger partial charge in [0.1, 0.15) is 0 Å². The molecule has 1 saturated heterocycles. The third kappa shape index (κ3) is 18.1. The predicted octanol–water partition coefficient (Wildman–Crippen LogP) is 8.71. The molecule has 0 radical (unpaired) electrons. The molecule has 1 aromatic heterocycles. The first kappa shape index (κ1) is 35.3. The number of rotatable bonds is 8. The quantitative estimate of drug-likeness (QED) is 0.264. The fourth-order valence-electron chi connectivity index (χ4n) is 3.39. The zero-order valence-electron chi connectivity index (χ0n) is 23.2. The summed E-state index contributed by atoms with van der Waals surface area (Å²) in [6, 6.07) is 10.7. The van der Waals surface area contributed by atoms with E-state index in [1.165, 1.54) is 49.8 Å². The standard InChI is InChI=1S/C15H21N3.C11H16.C3H8.C2H6.Pt/c1-2-7-15(18-11-4-3-5-12-18)8-6-10-17-13-9-16-14-17;1-3-10(2)9-11-7-5-4-6-8-11;1-3-2;1-2;/h2,6-9,13-14H,1,3-5,10-12H2;4-8,10H,3,9H2,1-2H3;3H2,1-2H3;1-2H3;/b8-6-,15-7+;;;;. The second-order valence-corrected chi connectivity index (χ2v) is 8.45. The molecular formula is C31H51N3Pt. The van der Waals surface area contributed by atoms with Gasteiger partial charge in [0.25, 0.3) is 0 Å². The smallest absolute Gasteiger partial charge is 0.0948 e. The summed E-state index contributed by atoms with van der Waals surface area (Å²) in [7, 11) is 0. The van der Waals surface area contributed by atoms with Crippen molar-refractivity contribution in [3.63, 3.8) is 0 Å². The maximum Gasteiger partial charge on any atom is 0.0948 e. The van der Waals surface area contributed by atoms with E-state index in [-0.39, 0.29) is 21.1 Å². The summed E-state index contributed by atoms with van der Waals surface area (Å²) in [6.45, 7) is 19.8. The van der Waals surface area contributed by atoms with Crippen LogP contribution in [0.1, 0.15) is 79.2 Å². The number of nitrogens with zero attached hydrogens (tertiary/aromatic N) is 3. The monoisotopic (exact) mass is 660 g/mol. The fourth-order valence-corrected chi connectivity index (χ4v) is 3.39. The molecule has 4 heteroatoms. The Morgan fingerprint density at radius 2 is 1.69 bits per heavy atom. The number of hydrogen-bond donors (Lipinski definition) is 0. The van der Waals surface area contributed by atoms with Crippen molar-refractivity contribution in [1.29, 1.82) is 0 Å². The van der Waals surface area contributed by atoms with E-state index in [9.17, 15) is 0 Å². The number of hydrogen-bond acceptors (Lipinski definition) is 2. The van der Waals surface area contributed by atoms with Crippen molar-refractivity contribution in [1.82, 2.24) is 14.5 Å². The van der Waals surface area contributed by atoms with Crippen LogP contribution in [0.5, 0.6) is 0 Å². The molecule has 0 N–H and O–H groups in total. The fraction of sp³-hybridized carbons (Fsp3) is 0.516. The molecule has 1 aliphatic rings. The molecule has 1 fully saturated rings. The van der Waals surface area contributed by atoms with Crippen molar-refractivity contribution in [3.05, 3.63) is 91.2 Å². The van der Waals surface area contributed by atoms with Gasteiger partial charge in [-0.3, -0.25) is 0 Å². The van der Waals surface area contributed by atoms with Gasteiger partial charge in [0.2, 0.25) is 0 Å². The molecule has 1 aliphatic heterocycles. The Balaban J connectivity index is 0. The van der Waals surface area contributed by atoms with Gasteiger partial charge in [0.05, 0.1) is 6.33 Å². The van der Waals surface area contributed by atoms with Gasteiger partial charge in [-0.05, 0) is 49.3 Å². The van der Waals surface area contributed by atoms with E-state index in [2.05, 4.69) is 97.3 Å². The Labute approximate surface area is 231 Å². The van der Waals surface area contributed by atoms with Gasteiger partial charge in [0.15, 0.2) is 0 Å². The maximum atomic E-state index is 4.03. The first-order valence-electron chi connectivity index (χ1n) is 13.4. The molecule has 2 aromatic rings. The molecule has 3 nitrogen and oxygen atoms in total. The number of imidazole rings is 1. The minimum absolute atomic E-state index is 0. The van der Waals surface area contributed by atoms with Crippen molar-refractivity contribution >= 4 is 0 Å². The summed E-state index contributed by atoms with van der Waals surface area (Å²) in [4.78, 5) is 6.47. The molecule has 200 valence electrons. The van der Waals surface area contributed by atoms with E-state index in [1.807, 2.05) is 32.4 Å². The minimum Gasteiger partial charge on any atom is -0.372 e. The Morgan fingerprint density at radius 1 is 1.06 bits per heavy atom. The summed E-state index contributed by atoms with van der Waals surface area (Å²) < 4.78 is 2.05. The average Bonchev–Trinajstić information content (AvgIpc) is 3.40.